The van der Waals surface area contributed by atoms with E-state index in [4.69, 9.17) is 4.52 Å². The molecule has 3 rings (SSSR count). The van der Waals surface area contributed by atoms with Crippen LogP contribution in [0.4, 0.5) is 4.39 Å². The highest BCUT2D eigenvalue weighted by molar-refractivity contribution is 5.85. The maximum absolute atomic E-state index is 13.1. The number of rotatable bonds is 4. The van der Waals surface area contributed by atoms with Crippen molar-refractivity contribution >= 4 is 12.4 Å². The van der Waals surface area contributed by atoms with E-state index in [2.05, 4.69) is 15.5 Å². The van der Waals surface area contributed by atoms with E-state index in [1.165, 1.54) is 12.1 Å². The zero-order chi connectivity index (χ0) is 13.8. The first-order valence-corrected chi connectivity index (χ1v) is 7.06. The molecule has 1 aliphatic heterocycles. The third kappa shape index (κ3) is 4.51. The van der Waals surface area contributed by atoms with Crippen molar-refractivity contribution in [2.75, 3.05) is 13.1 Å². The third-order valence-corrected chi connectivity index (χ3v) is 3.68. The van der Waals surface area contributed by atoms with Crippen LogP contribution in [0.1, 0.15) is 30.1 Å². The lowest BCUT2D eigenvalue weighted by Crippen LogP contribution is -2.28. The zero-order valence-corrected chi connectivity index (χ0v) is 12.5. The Morgan fingerprint density at radius 3 is 2.86 bits per heavy atom. The third-order valence-electron chi connectivity index (χ3n) is 3.68. The van der Waals surface area contributed by atoms with E-state index in [0.29, 0.717) is 24.1 Å². The number of aromatic nitrogens is 2. The molecule has 2 aromatic rings. The molecule has 0 spiro atoms. The lowest BCUT2D eigenvalue weighted by Gasteiger charge is -2.20. The predicted octanol–water partition coefficient (Wildman–Crippen LogP) is 2.76. The molecular weight excluding hydrogens is 293 g/mol. The smallest absolute Gasteiger partial charge is 0.226 e. The van der Waals surface area contributed by atoms with Crippen LogP contribution in [0.5, 0.6) is 0 Å². The number of benzene rings is 1. The minimum absolute atomic E-state index is 0. The lowest BCUT2D eigenvalue weighted by molar-refractivity contribution is 0.312. The van der Waals surface area contributed by atoms with E-state index in [0.717, 1.165) is 37.9 Å². The molecule has 1 aromatic heterocycles. The van der Waals surface area contributed by atoms with E-state index >= 15 is 0 Å². The van der Waals surface area contributed by atoms with Gasteiger partial charge in [-0.25, -0.2) is 4.39 Å². The van der Waals surface area contributed by atoms with Crippen molar-refractivity contribution in [3.8, 4) is 0 Å². The molecule has 1 fully saturated rings. The summed E-state index contributed by atoms with van der Waals surface area (Å²) in [5.74, 6) is 1.71. The predicted molar refractivity (Wildman–Crippen MR) is 80.0 cm³/mol. The van der Waals surface area contributed by atoms with E-state index < -0.39 is 0 Å². The van der Waals surface area contributed by atoms with Gasteiger partial charge >= 0.3 is 0 Å². The van der Waals surface area contributed by atoms with Crippen LogP contribution in [0.25, 0.3) is 0 Å². The van der Waals surface area contributed by atoms with Crippen molar-refractivity contribution in [2.24, 2.45) is 5.92 Å². The van der Waals surface area contributed by atoms with Gasteiger partial charge in [-0.05, 0) is 49.5 Å². The quantitative estimate of drug-likeness (QED) is 0.943. The largest absolute Gasteiger partial charge is 0.339 e. The molecule has 0 atom stereocenters. The molecule has 21 heavy (non-hydrogen) atoms. The monoisotopic (exact) mass is 311 g/mol. The molecule has 114 valence electrons. The Hall–Kier alpha value is -1.46. The molecule has 0 radical (unpaired) electrons. The van der Waals surface area contributed by atoms with Gasteiger partial charge in [-0.3, -0.25) is 0 Å². The number of hydrogen-bond acceptors (Lipinski definition) is 4. The van der Waals surface area contributed by atoms with Crippen molar-refractivity contribution in [2.45, 2.75) is 25.7 Å². The first kappa shape index (κ1) is 15.9. The van der Waals surface area contributed by atoms with E-state index in [1.807, 2.05) is 6.07 Å². The fourth-order valence-electron chi connectivity index (χ4n) is 2.61. The fraction of sp³-hybridized carbons (Fsp3) is 0.467. The summed E-state index contributed by atoms with van der Waals surface area (Å²) in [6.07, 6.45) is 3.66. The molecule has 0 bridgehead atoms. The molecule has 1 aliphatic rings. The zero-order valence-electron chi connectivity index (χ0n) is 11.7. The average Bonchev–Trinajstić information content (AvgIpc) is 2.87. The van der Waals surface area contributed by atoms with Crippen molar-refractivity contribution < 1.29 is 8.91 Å². The van der Waals surface area contributed by atoms with Crippen LogP contribution >= 0.6 is 12.4 Å². The average molecular weight is 312 g/mol. The summed E-state index contributed by atoms with van der Waals surface area (Å²) in [4.78, 5) is 4.41. The molecule has 6 heteroatoms. The van der Waals surface area contributed by atoms with Gasteiger partial charge in [0, 0.05) is 12.8 Å². The van der Waals surface area contributed by atoms with Gasteiger partial charge < -0.3 is 9.84 Å². The standard InChI is InChI=1S/C15H18FN3O.ClH/c16-13-3-1-2-12(8-13)9-14-18-15(20-19-14)10-11-4-6-17-7-5-11;/h1-3,8,11,17H,4-7,9-10H2;1H. The Kier molecular flexibility index (Phi) is 5.70. The summed E-state index contributed by atoms with van der Waals surface area (Å²) in [7, 11) is 0. The number of nitrogens with one attached hydrogen (secondary N) is 1. The molecule has 0 saturated carbocycles. The summed E-state index contributed by atoms with van der Waals surface area (Å²) in [6, 6.07) is 6.50. The van der Waals surface area contributed by atoms with Crippen molar-refractivity contribution in [3.63, 3.8) is 0 Å². The maximum Gasteiger partial charge on any atom is 0.226 e. The van der Waals surface area contributed by atoms with Gasteiger partial charge in [0.2, 0.25) is 5.89 Å². The van der Waals surface area contributed by atoms with Crippen LogP contribution in [-0.4, -0.2) is 23.2 Å². The molecule has 0 unspecified atom stereocenters. The normalized spacial score (nSPS) is 15.7. The van der Waals surface area contributed by atoms with Gasteiger partial charge in [-0.15, -0.1) is 12.4 Å². The Bertz CT molecular complexity index is 570. The lowest BCUT2D eigenvalue weighted by atomic mass is 9.95. The second-order valence-electron chi connectivity index (χ2n) is 5.31. The minimum Gasteiger partial charge on any atom is -0.339 e. The summed E-state index contributed by atoms with van der Waals surface area (Å²) in [5, 5.41) is 7.32. The van der Waals surface area contributed by atoms with E-state index in [1.54, 1.807) is 6.07 Å². The SMILES string of the molecule is Cl.Fc1cccc(Cc2noc(CC3CCNCC3)n2)c1. The van der Waals surface area contributed by atoms with Gasteiger partial charge in [0.1, 0.15) is 5.82 Å². The Balaban J connectivity index is 0.00000161. The van der Waals surface area contributed by atoms with Gasteiger partial charge in [-0.2, -0.15) is 4.98 Å². The van der Waals surface area contributed by atoms with E-state index in [-0.39, 0.29) is 18.2 Å². The highest BCUT2D eigenvalue weighted by atomic mass is 35.5. The van der Waals surface area contributed by atoms with Crippen molar-refractivity contribution in [3.05, 3.63) is 47.4 Å². The van der Waals surface area contributed by atoms with Gasteiger partial charge in [0.15, 0.2) is 5.82 Å². The molecular formula is C15H19ClFN3O. The van der Waals surface area contributed by atoms with Crippen LogP contribution in [0.3, 0.4) is 0 Å². The second kappa shape index (κ2) is 7.52. The second-order valence-corrected chi connectivity index (χ2v) is 5.31. The molecule has 0 amide bonds. The molecule has 0 aliphatic carbocycles. The summed E-state index contributed by atoms with van der Waals surface area (Å²) in [6.45, 7) is 2.13. The van der Waals surface area contributed by atoms with E-state index in [9.17, 15) is 4.39 Å². The van der Waals surface area contributed by atoms with Crippen LogP contribution in [0.15, 0.2) is 28.8 Å². The van der Waals surface area contributed by atoms with Crippen molar-refractivity contribution in [1.82, 2.24) is 15.5 Å². The topological polar surface area (TPSA) is 51.0 Å². The van der Waals surface area contributed by atoms with Crippen molar-refractivity contribution in [1.29, 1.82) is 0 Å². The van der Waals surface area contributed by atoms with Crippen LogP contribution in [0, 0.1) is 11.7 Å². The van der Waals surface area contributed by atoms with Gasteiger partial charge in [0.05, 0.1) is 0 Å². The minimum atomic E-state index is -0.235. The number of piperidine rings is 1. The van der Waals surface area contributed by atoms with Crippen LogP contribution in [0.2, 0.25) is 0 Å². The highest BCUT2D eigenvalue weighted by Crippen LogP contribution is 2.17. The first-order valence-electron chi connectivity index (χ1n) is 7.06. The van der Waals surface area contributed by atoms with Crippen LogP contribution < -0.4 is 5.32 Å². The molecule has 2 heterocycles. The maximum atomic E-state index is 13.1. The van der Waals surface area contributed by atoms with Crippen LogP contribution in [-0.2, 0) is 12.8 Å². The fourth-order valence-corrected chi connectivity index (χ4v) is 2.61. The molecule has 1 aromatic carbocycles. The Labute approximate surface area is 129 Å². The number of halogens is 2. The van der Waals surface area contributed by atoms with Gasteiger partial charge in [-0.1, -0.05) is 17.3 Å². The first-order chi connectivity index (χ1) is 9.79. The Morgan fingerprint density at radius 2 is 2.10 bits per heavy atom. The number of hydrogen-bond donors (Lipinski definition) is 1. The summed E-state index contributed by atoms with van der Waals surface area (Å²) < 4.78 is 18.4. The molecule has 4 nitrogen and oxygen atoms in total. The number of nitrogens with zero attached hydrogens (tertiary/aromatic N) is 2. The highest BCUT2D eigenvalue weighted by Gasteiger charge is 2.17. The van der Waals surface area contributed by atoms with Gasteiger partial charge in [0.25, 0.3) is 0 Å². The summed E-state index contributed by atoms with van der Waals surface area (Å²) in [5.41, 5.74) is 0.860. The Morgan fingerprint density at radius 1 is 1.29 bits per heavy atom. The molecule has 1 saturated heterocycles. The summed E-state index contributed by atoms with van der Waals surface area (Å²) >= 11 is 0. The molecule has 1 N–H and O–H groups in total.